The van der Waals surface area contributed by atoms with Gasteiger partial charge >= 0.3 is 0 Å². The summed E-state index contributed by atoms with van der Waals surface area (Å²) in [6.45, 7) is 0. The van der Waals surface area contributed by atoms with Crippen LogP contribution in [-0.2, 0) is 9.59 Å². The highest BCUT2D eigenvalue weighted by Gasteiger charge is 2.23. The molecule has 1 atom stereocenters. The highest BCUT2D eigenvalue weighted by Crippen LogP contribution is 2.37. The predicted octanol–water partition coefficient (Wildman–Crippen LogP) is 7.59. The van der Waals surface area contributed by atoms with Crippen molar-refractivity contribution >= 4 is 46.9 Å². The molecule has 5 aromatic carbocycles. The third kappa shape index (κ3) is 8.68. The van der Waals surface area contributed by atoms with Crippen molar-refractivity contribution in [2.24, 2.45) is 0 Å². The Labute approximate surface area is 277 Å². The zero-order valence-corrected chi connectivity index (χ0v) is 26.6. The number of ether oxygens (including phenoxy) is 2. The van der Waals surface area contributed by atoms with Crippen LogP contribution in [-0.4, -0.2) is 31.9 Å². The smallest absolute Gasteiger partial charge is 0.272 e. The molecule has 5 aromatic rings. The first-order chi connectivity index (χ1) is 22.9. The molecular weight excluding hydrogens is 611 g/mol. The van der Waals surface area contributed by atoms with Gasteiger partial charge in [-0.25, -0.2) is 0 Å². The lowest BCUT2D eigenvalue weighted by molar-refractivity contribution is -0.116. The number of amides is 3. The molecule has 3 N–H and O–H groups in total. The summed E-state index contributed by atoms with van der Waals surface area (Å²) in [5.41, 5.74) is 3.02. The van der Waals surface area contributed by atoms with E-state index >= 15 is 0 Å². The number of thioether (sulfide) groups is 1. The van der Waals surface area contributed by atoms with Gasteiger partial charge in [-0.05, 0) is 66.2 Å². The Balaban J connectivity index is 1.36. The second-order valence-electron chi connectivity index (χ2n) is 10.2. The van der Waals surface area contributed by atoms with Gasteiger partial charge in [-0.1, -0.05) is 78.9 Å². The molecule has 0 spiro atoms. The van der Waals surface area contributed by atoms with Crippen molar-refractivity contribution in [3.8, 4) is 11.5 Å². The van der Waals surface area contributed by atoms with E-state index in [4.69, 9.17) is 9.47 Å². The van der Waals surface area contributed by atoms with Gasteiger partial charge in [-0.2, -0.15) is 0 Å². The molecular formula is C38H33N3O5S. The summed E-state index contributed by atoms with van der Waals surface area (Å²) < 4.78 is 10.9. The lowest BCUT2D eigenvalue weighted by Gasteiger charge is -2.17. The van der Waals surface area contributed by atoms with Crippen LogP contribution in [0, 0.1) is 0 Å². The fourth-order valence-electron chi connectivity index (χ4n) is 4.70. The number of carbonyl (C=O) groups is 3. The van der Waals surface area contributed by atoms with Crippen LogP contribution in [0.15, 0.2) is 144 Å². The number of nitrogens with one attached hydrogen (secondary N) is 3. The monoisotopic (exact) mass is 643 g/mol. The van der Waals surface area contributed by atoms with Gasteiger partial charge in [-0.15, -0.1) is 11.8 Å². The van der Waals surface area contributed by atoms with Crippen molar-refractivity contribution in [2.45, 2.75) is 10.1 Å². The maximum absolute atomic E-state index is 13.6. The van der Waals surface area contributed by atoms with Crippen LogP contribution < -0.4 is 25.4 Å². The third-order valence-electron chi connectivity index (χ3n) is 7.01. The first-order valence-electron chi connectivity index (χ1n) is 14.7. The molecule has 0 aromatic heterocycles. The van der Waals surface area contributed by atoms with Gasteiger partial charge in [-0.3, -0.25) is 14.4 Å². The molecule has 0 fully saturated rings. The van der Waals surface area contributed by atoms with E-state index in [1.807, 2.05) is 72.8 Å². The molecule has 0 saturated carbocycles. The molecule has 0 heterocycles. The number of rotatable bonds is 12. The summed E-state index contributed by atoms with van der Waals surface area (Å²) in [5, 5.41) is 8.10. The van der Waals surface area contributed by atoms with Gasteiger partial charge in [0.25, 0.3) is 11.8 Å². The SMILES string of the molecule is COc1cccc(/C=C(\NC(=O)c2ccccc2)C(=O)Nc2ccc(SC(C(=O)Nc3ccccc3)c3ccccc3)cc2)c1OC. The van der Waals surface area contributed by atoms with Gasteiger partial charge in [0.05, 0.1) is 14.2 Å². The number of anilines is 2. The first-order valence-corrected chi connectivity index (χ1v) is 15.6. The topological polar surface area (TPSA) is 106 Å². The molecule has 0 aliphatic carbocycles. The Morgan fingerprint density at radius 2 is 1.28 bits per heavy atom. The zero-order chi connectivity index (χ0) is 33.0. The summed E-state index contributed by atoms with van der Waals surface area (Å²) in [6.07, 6.45) is 1.54. The molecule has 8 nitrogen and oxygen atoms in total. The van der Waals surface area contributed by atoms with E-state index in [2.05, 4.69) is 16.0 Å². The highest BCUT2D eigenvalue weighted by atomic mass is 32.2. The Morgan fingerprint density at radius 1 is 0.660 bits per heavy atom. The van der Waals surface area contributed by atoms with Crippen molar-refractivity contribution < 1.29 is 23.9 Å². The Bertz CT molecular complexity index is 1850. The van der Waals surface area contributed by atoms with E-state index < -0.39 is 17.1 Å². The van der Waals surface area contributed by atoms with Crippen molar-refractivity contribution in [3.63, 3.8) is 0 Å². The molecule has 1 unspecified atom stereocenters. The van der Waals surface area contributed by atoms with Crippen LogP contribution in [0.25, 0.3) is 6.08 Å². The Morgan fingerprint density at radius 3 is 1.91 bits per heavy atom. The third-order valence-corrected chi connectivity index (χ3v) is 8.28. The summed E-state index contributed by atoms with van der Waals surface area (Å²) in [5.74, 6) is -0.235. The van der Waals surface area contributed by atoms with Crippen LogP contribution in [0.2, 0.25) is 0 Å². The molecule has 5 rings (SSSR count). The molecule has 3 amide bonds. The molecule has 9 heteroatoms. The lowest BCUT2D eigenvalue weighted by atomic mass is 10.1. The van der Waals surface area contributed by atoms with Gasteiger partial charge < -0.3 is 25.4 Å². The van der Waals surface area contributed by atoms with E-state index in [1.54, 1.807) is 60.7 Å². The van der Waals surface area contributed by atoms with Crippen LogP contribution in [0.5, 0.6) is 11.5 Å². The average Bonchev–Trinajstić information content (AvgIpc) is 3.11. The van der Waals surface area contributed by atoms with Crippen molar-refractivity contribution in [3.05, 3.63) is 156 Å². The maximum Gasteiger partial charge on any atom is 0.272 e. The molecule has 0 aliphatic heterocycles. The van der Waals surface area contributed by atoms with Crippen molar-refractivity contribution in [1.82, 2.24) is 5.32 Å². The van der Waals surface area contributed by atoms with E-state index in [9.17, 15) is 14.4 Å². The van der Waals surface area contributed by atoms with E-state index in [0.717, 1.165) is 10.5 Å². The lowest BCUT2D eigenvalue weighted by Crippen LogP contribution is -2.30. The number of hydrogen-bond donors (Lipinski definition) is 3. The Kier molecular flexibility index (Phi) is 11.1. The molecule has 0 bridgehead atoms. The summed E-state index contributed by atoms with van der Waals surface area (Å²) in [6, 6.07) is 39.9. The second kappa shape index (κ2) is 16.0. The van der Waals surface area contributed by atoms with E-state index in [-0.39, 0.29) is 11.6 Å². The van der Waals surface area contributed by atoms with Gasteiger partial charge in [0.2, 0.25) is 5.91 Å². The standard InChI is InChI=1S/C38H33N3O5S/c1-45-33-20-12-17-28(34(33)46-2)25-32(41-36(42)27-15-8-4-9-16-27)37(43)39-30-21-23-31(24-22-30)47-35(26-13-6-3-7-14-26)38(44)40-29-18-10-5-11-19-29/h3-25,35H,1-2H3,(H,39,43)(H,40,44)(H,41,42)/b32-25-. The van der Waals surface area contributed by atoms with Crippen LogP contribution in [0.4, 0.5) is 11.4 Å². The zero-order valence-electron chi connectivity index (χ0n) is 25.8. The van der Waals surface area contributed by atoms with Crippen LogP contribution >= 0.6 is 11.8 Å². The molecule has 236 valence electrons. The number of hydrogen-bond acceptors (Lipinski definition) is 6. The van der Waals surface area contributed by atoms with Crippen molar-refractivity contribution in [1.29, 1.82) is 0 Å². The largest absolute Gasteiger partial charge is 0.493 e. The number of methoxy groups -OCH3 is 2. The van der Waals surface area contributed by atoms with Crippen LogP contribution in [0.1, 0.15) is 26.7 Å². The summed E-state index contributed by atoms with van der Waals surface area (Å²) >= 11 is 1.40. The first kappa shape index (κ1) is 32.6. The number of para-hydroxylation sites is 2. The summed E-state index contributed by atoms with van der Waals surface area (Å²) in [7, 11) is 3.03. The van der Waals surface area contributed by atoms with Gasteiger partial charge in [0, 0.05) is 27.4 Å². The highest BCUT2D eigenvalue weighted by molar-refractivity contribution is 8.00. The second-order valence-corrected chi connectivity index (χ2v) is 11.4. The minimum absolute atomic E-state index is 0.00517. The fraction of sp³-hybridized carbons (Fsp3) is 0.0789. The van der Waals surface area contributed by atoms with E-state index in [0.29, 0.717) is 34.0 Å². The molecule has 47 heavy (non-hydrogen) atoms. The fourth-order valence-corrected chi connectivity index (χ4v) is 5.73. The van der Waals surface area contributed by atoms with Gasteiger partial charge in [0.15, 0.2) is 11.5 Å². The number of carbonyl (C=O) groups excluding carboxylic acids is 3. The average molecular weight is 644 g/mol. The van der Waals surface area contributed by atoms with Crippen LogP contribution in [0.3, 0.4) is 0 Å². The van der Waals surface area contributed by atoms with Gasteiger partial charge in [0.1, 0.15) is 10.9 Å². The predicted molar refractivity (Wildman–Crippen MR) is 187 cm³/mol. The quantitative estimate of drug-likeness (QED) is 0.0956. The van der Waals surface area contributed by atoms with Crippen molar-refractivity contribution in [2.75, 3.05) is 24.9 Å². The van der Waals surface area contributed by atoms with E-state index in [1.165, 1.54) is 32.1 Å². The molecule has 0 radical (unpaired) electrons. The minimum Gasteiger partial charge on any atom is -0.493 e. The molecule has 0 saturated heterocycles. The maximum atomic E-state index is 13.6. The Hall–Kier alpha value is -5.80. The molecule has 0 aliphatic rings. The normalized spacial score (nSPS) is 11.6. The summed E-state index contributed by atoms with van der Waals surface area (Å²) in [4.78, 5) is 40.9. The number of benzene rings is 5. The minimum atomic E-state index is -0.538.